The van der Waals surface area contributed by atoms with Crippen molar-refractivity contribution in [2.75, 3.05) is 33.0 Å². The first-order valence-corrected chi connectivity index (χ1v) is 10.8. The summed E-state index contributed by atoms with van der Waals surface area (Å²) in [6.45, 7) is 8.24. The summed E-state index contributed by atoms with van der Waals surface area (Å²) in [6.07, 6.45) is 1.85. The van der Waals surface area contributed by atoms with E-state index in [1.54, 1.807) is 23.1 Å². The molecule has 8 nitrogen and oxygen atoms in total. The second-order valence-corrected chi connectivity index (χ2v) is 7.60. The maximum Gasteiger partial charge on any atom is 0.252 e. The quantitative estimate of drug-likeness (QED) is 0.733. The molecule has 0 saturated carbocycles. The minimum Gasteiger partial charge on any atom is -0.454 e. The fraction of sp³-hybridized carbons (Fsp3) is 0.591. The standard InChI is InChI=1S/C22H31N3O5/c1-4-19(26)25-11-9-15(10-12-25)20(22(28)24(5-2)6-3)23-21(27)16-7-8-17-18(13-16)30-14-29-17/h7-8,13,15,20H,4-6,9-12,14H2,1-3H3,(H,23,27)/t20-/m1/s1. The smallest absolute Gasteiger partial charge is 0.252 e. The van der Waals surface area contributed by atoms with E-state index in [1.807, 2.05) is 25.7 Å². The van der Waals surface area contributed by atoms with Crippen molar-refractivity contribution in [3.63, 3.8) is 0 Å². The summed E-state index contributed by atoms with van der Waals surface area (Å²) < 4.78 is 10.7. The van der Waals surface area contributed by atoms with Crippen molar-refractivity contribution in [2.24, 2.45) is 5.92 Å². The van der Waals surface area contributed by atoms with Gasteiger partial charge in [0.15, 0.2) is 11.5 Å². The molecule has 0 aliphatic carbocycles. The number of carbonyl (C=O) groups is 3. The second kappa shape index (κ2) is 9.82. The molecule has 0 radical (unpaired) electrons. The van der Waals surface area contributed by atoms with Crippen molar-refractivity contribution in [1.82, 2.24) is 15.1 Å². The average molecular weight is 418 g/mol. The lowest BCUT2D eigenvalue weighted by Crippen LogP contribution is -2.54. The van der Waals surface area contributed by atoms with Crippen LogP contribution in [0.5, 0.6) is 11.5 Å². The molecular formula is C22H31N3O5. The van der Waals surface area contributed by atoms with Crippen LogP contribution in [0.1, 0.15) is 50.4 Å². The third kappa shape index (κ3) is 4.68. The molecule has 1 saturated heterocycles. The molecule has 2 heterocycles. The second-order valence-electron chi connectivity index (χ2n) is 7.60. The van der Waals surface area contributed by atoms with Gasteiger partial charge in [-0.1, -0.05) is 6.92 Å². The van der Waals surface area contributed by atoms with Crippen LogP contribution in [0.3, 0.4) is 0 Å². The Bertz CT molecular complexity index is 785. The number of amides is 3. The van der Waals surface area contributed by atoms with E-state index in [9.17, 15) is 14.4 Å². The zero-order chi connectivity index (χ0) is 21.7. The Labute approximate surface area is 177 Å². The molecule has 1 aromatic rings. The number of fused-ring (bicyclic) bond motifs is 1. The molecule has 0 spiro atoms. The van der Waals surface area contributed by atoms with E-state index in [-0.39, 0.29) is 30.4 Å². The van der Waals surface area contributed by atoms with Crippen molar-refractivity contribution in [2.45, 2.75) is 46.1 Å². The van der Waals surface area contributed by atoms with Gasteiger partial charge in [0.1, 0.15) is 6.04 Å². The first-order valence-electron chi connectivity index (χ1n) is 10.8. The van der Waals surface area contributed by atoms with Crippen LogP contribution in [0.25, 0.3) is 0 Å². The summed E-state index contributed by atoms with van der Waals surface area (Å²) in [7, 11) is 0. The minimum atomic E-state index is -0.623. The van der Waals surface area contributed by atoms with Gasteiger partial charge in [0, 0.05) is 38.2 Å². The van der Waals surface area contributed by atoms with Gasteiger partial charge in [0.2, 0.25) is 18.6 Å². The Kier molecular flexibility index (Phi) is 7.18. The van der Waals surface area contributed by atoms with Gasteiger partial charge in [-0.3, -0.25) is 14.4 Å². The summed E-state index contributed by atoms with van der Waals surface area (Å²) in [4.78, 5) is 41.8. The highest BCUT2D eigenvalue weighted by Crippen LogP contribution is 2.32. The highest BCUT2D eigenvalue weighted by atomic mass is 16.7. The summed E-state index contributed by atoms with van der Waals surface area (Å²) in [5.74, 6) is 0.859. The normalized spacial score (nSPS) is 16.8. The summed E-state index contributed by atoms with van der Waals surface area (Å²) >= 11 is 0. The number of carbonyl (C=O) groups excluding carboxylic acids is 3. The number of rotatable bonds is 7. The monoisotopic (exact) mass is 417 g/mol. The number of likely N-dealkylation sites (tertiary alicyclic amines) is 1. The Morgan fingerprint density at radius 2 is 1.77 bits per heavy atom. The van der Waals surface area contributed by atoms with Crippen molar-refractivity contribution in [3.8, 4) is 11.5 Å². The molecule has 8 heteroatoms. The van der Waals surface area contributed by atoms with Crippen molar-refractivity contribution in [3.05, 3.63) is 23.8 Å². The van der Waals surface area contributed by atoms with Gasteiger partial charge in [-0.05, 0) is 50.8 Å². The molecule has 30 heavy (non-hydrogen) atoms. The number of benzene rings is 1. The molecule has 164 valence electrons. The van der Waals surface area contributed by atoms with Gasteiger partial charge in [0.25, 0.3) is 5.91 Å². The number of nitrogens with one attached hydrogen (secondary N) is 1. The van der Waals surface area contributed by atoms with E-state index >= 15 is 0 Å². The van der Waals surface area contributed by atoms with Gasteiger partial charge in [-0.2, -0.15) is 0 Å². The fourth-order valence-corrected chi connectivity index (χ4v) is 4.08. The fourth-order valence-electron chi connectivity index (χ4n) is 4.08. The lowest BCUT2D eigenvalue weighted by Gasteiger charge is -2.37. The van der Waals surface area contributed by atoms with Crippen molar-refractivity contribution in [1.29, 1.82) is 0 Å². The van der Waals surface area contributed by atoms with Gasteiger partial charge in [0.05, 0.1) is 0 Å². The number of hydrogen-bond donors (Lipinski definition) is 1. The first-order chi connectivity index (χ1) is 14.5. The van der Waals surface area contributed by atoms with E-state index in [0.29, 0.717) is 62.5 Å². The van der Waals surface area contributed by atoms with E-state index in [4.69, 9.17) is 9.47 Å². The molecule has 1 N–H and O–H groups in total. The molecule has 2 aliphatic heterocycles. The maximum atomic E-state index is 13.2. The van der Waals surface area contributed by atoms with E-state index in [0.717, 1.165) is 0 Å². The SMILES string of the molecule is CCC(=O)N1CCC([C@@H](NC(=O)c2ccc3c(c2)OCO3)C(=O)N(CC)CC)CC1. The van der Waals surface area contributed by atoms with Crippen molar-refractivity contribution < 1.29 is 23.9 Å². The predicted octanol–water partition coefficient (Wildman–Crippen LogP) is 2.03. The van der Waals surface area contributed by atoms with Gasteiger partial charge >= 0.3 is 0 Å². The molecule has 3 rings (SSSR count). The van der Waals surface area contributed by atoms with Crippen LogP contribution in [-0.4, -0.2) is 66.5 Å². The maximum absolute atomic E-state index is 13.2. The van der Waals surface area contributed by atoms with Crippen LogP contribution in [0.4, 0.5) is 0 Å². The minimum absolute atomic E-state index is 0.0167. The highest BCUT2D eigenvalue weighted by molar-refractivity contribution is 5.98. The third-order valence-corrected chi connectivity index (χ3v) is 5.93. The molecule has 2 aliphatic rings. The third-order valence-electron chi connectivity index (χ3n) is 5.93. The number of ether oxygens (including phenoxy) is 2. The van der Waals surface area contributed by atoms with Crippen molar-refractivity contribution >= 4 is 17.7 Å². The molecular weight excluding hydrogens is 386 g/mol. The summed E-state index contributed by atoms with van der Waals surface area (Å²) in [5, 5.41) is 2.97. The zero-order valence-corrected chi connectivity index (χ0v) is 18.0. The highest BCUT2D eigenvalue weighted by Gasteiger charge is 2.35. The number of nitrogens with zero attached hydrogens (tertiary/aromatic N) is 2. The molecule has 0 unspecified atom stereocenters. The van der Waals surface area contributed by atoms with Gasteiger partial charge in [-0.25, -0.2) is 0 Å². The lowest BCUT2D eigenvalue weighted by molar-refractivity contribution is -0.135. The van der Waals surface area contributed by atoms with E-state index in [2.05, 4.69) is 5.32 Å². The summed E-state index contributed by atoms with van der Waals surface area (Å²) in [6, 6.07) is 4.39. The molecule has 1 fully saturated rings. The number of piperidine rings is 1. The average Bonchev–Trinajstić information content (AvgIpc) is 3.25. The zero-order valence-electron chi connectivity index (χ0n) is 18.0. The molecule has 0 bridgehead atoms. The lowest BCUT2D eigenvalue weighted by atomic mass is 9.88. The largest absolute Gasteiger partial charge is 0.454 e. The van der Waals surface area contributed by atoms with E-state index < -0.39 is 6.04 Å². The first kappa shape index (κ1) is 21.9. The Hall–Kier alpha value is -2.77. The van der Waals surface area contributed by atoms with Crippen LogP contribution >= 0.6 is 0 Å². The van der Waals surface area contributed by atoms with Crippen LogP contribution in [0, 0.1) is 5.92 Å². The van der Waals surface area contributed by atoms with Crippen LogP contribution in [0.15, 0.2) is 18.2 Å². The molecule has 3 amide bonds. The predicted molar refractivity (Wildman–Crippen MR) is 111 cm³/mol. The van der Waals surface area contributed by atoms with Gasteiger partial charge in [-0.15, -0.1) is 0 Å². The number of hydrogen-bond acceptors (Lipinski definition) is 5. The van der Waals surface area contributed by atoms with Crippen LogP contribution in [0.2, 0.25) is 0 Å². The van der Waals surface area contributed by atoms with E-state index in [1.165, 1.54) is 0 Å². The topological polar surface area (TPSA) is 88.2 Å². The Morgan fingerprint density at radius 3 is 2.40 bits per heavy atom. The summed E-state index contributed by atoms with van der Waals surface area (Å²) in [5.41, 5.74) is 0.426. The number of likely N-dealkylation sites (N-methyl/N-ethyl adjacent to an activating group) is 1. The molecule has 1 aromatic carbocycles. The molecule has 0 aromatic heterocycles. The Morgan fingerprint density at radius 1 is 1.10 bits per heavy atom. The van der Waals surface area contributed by atoms with Crippen LogP contribution < -0.4 is 14.8 Å². The molecule has 1 atom stereocenters. The van der Waals surface area contributed by atoms with Gasteiger partial charge < -0.3 is 24.6 Å². The van der Waals surface area contributed by atoms with Crippen LogP contribution in [-0.2, 0) is 9.59 Å². The Balaban J connectivity index is 1.75.